The predicted molar refractivity (Wildman–Crippen MR) is 99.7 cm³/mol. The SMILES string of the molecule is CCc1cnc(CCNC(=NC)NCCS(C)(=O)=O)s1.I. The fourth-order valence-electron chi connectivity index (χ4n) is 1.49. The number of sulfone groups is 1. The van der Waals surface area contributed by atoms with Crippen molar-refractivity contribution < 1.29 is 8.42 Å². The van der Waals surface area contributed by atoms with E-state index in [1.807, 2.05) is 6.20 Å². The van der Waals surface area contributed by atoms with Crippen LogP contribution in [0.3, 0.4) is 0 Å². The Bertz CT molecular complexity index is 543. The van der Waals surface area contributed by atoms with E-state index in [2.05, 4.69) is 27.5 Å². The molecule has 6 nitrogen and oxygen atoms in total. The predicted octanol–water partition coefficient (Wildman–Crippen LogP) is 1.08. The maximum absolute atomic E-state index is 11.0. The van der Waals surface area contributed by atoms with Gasteiger partial charge in [-0.05, 0) is 6.42 Å². The summed E-state index contributed by atoms with van der Waals surface area (Å²) >= 11 is 1.72. The lowest BCUT2D eigenvalue weighted by Gasteiger charge is -2.10. The molecule has 0 spiro atoms. The molecular weight excluding hydrogens is 423 g/mol. The van der Waals surface area contributed by atoms with Crippen LogP contribution in [-0.2, 0) is 22.7 Å². The molecule has 0 radical (unpaired) electrons. The van der Waals surface area contributed by atoms with E-state index in [4.69, 9.17) is 0 Å². The minimum Gasteiger partial charge on any atom is -0.356 e. The Balaban J connectivity index is 0.00000400. The summed E-state index contributed by atoms with van der Waals surface area (Å²) < 4.78 is 22.0. The molecule has 0 bridgehead atoms. The summed E-state index contributed by atoms with van der Waals surface area (Å²) in [6.07, 6.45) is 4.98. The van der Waals surface area contributed by atoms with E-state index in [0.29, 0.717) is 12.5 Å². The average Bonchev–Trinajstić information content (AvgIpc) is 2.83. The first kappa shape index (κ1) is 20.6. The van der Waals surface area contributed by atoms with Crippen LogP contribution in [0.4, 0.5) is 0 Å². The Morgan fingerprint density at radius 3 is 2.57 bits per heavy atom. The van der Waals surface area contributed by atoms with Crippen molar-refractivity contribution in [3.8, 4) is 0 Å². The highest BCUT2D eigenvalue weighted by molar-refractivity contribution is 14.0. The number of aromatic nitrogens is 1. The van der Waals surface area contributed by atoms with Crippen molar-refractivity contribution in [2.45, 2.75) is 19.8 Å². The van der Waals surface area contributed by atoms with Crippen molar-refractivity contribution in [3.05, 3.63) is 16.1 Å². The second-order valence-corrected chi connectivity index (χ2v) is 7.84. The zero-order chi connectivity index (χ0) is 15.0. The molecule has 9 heteroatoms. The van der Waals surface area contributed by atoms with Gasteiger partial charge < -0.3 is 10.6 Å². The van der Waals surface area contributed by atoms with E-state index in [0.717, 1.165) is 24.4 Å². The third-order valence-electron chi connectivity index (χ3n) is 2.57. The van der Waals surface area contributed by atoms with Crippen LogP contribution in [0.2, 0.25) is 0 Å². The van der Waals surface area contributed by atoms with Crippen molar-refractivity contribution in [1.82, 2.24) is 15.6 Å². The molecule has 122 valence electrons. The highest BCUT2D eigenvalue weighted by atomic mass is 127. The highest BCUT2D eigenvalue weighted by Gasteiger charge is 2.04. The van der Waals surface area contributed by atoms with Crippen molar-refractivity contribution >= 4 is 51.1 Å². The van der Waals surface area contributed by atoms with E-state index in [1.165, 1.54) is 11.1 Å². The van der Waals surface area contributed by atoms with Crippen LogP contribution in [0.25, 0.3) is 0 Å². The lowest BCUT2D eigenvalue weighted by atomic mass is 10.4. The fraction of sp³-hybridized carbons (Fsp3) is 0.667. The lowest BCUT2D eigenvalue weighted by Crippen LogP contribution is -2.40. The van der Waals surface area contributed by atoms with Gasteiger partial charge in [0.05, 0.1) is 10.8 Å². The maximum atomic E-state index is 11.0. The van der Waals surface area contributed by atoms with Crippen molar-refractivity contribution in [3.63, 3.8) is 0 Å². The number of aryl methyl sites for hydroxylation is 1. The van der Waals surface area contributed by atoms with Crippen LogP contribution < -0.4 is 10.6 Å². The quantitative estimate of drug-likeness (QED) is 0.372. The average molecular weight is 446 g/mol. The Labute approximate surface area is 147 Å². The molecule has 21 heavy (non-hydrogen) atoms. The number of halogens is 1. The van der Waals surface area contributed by atoms with E-state index in [1.54, 1.807) is 18.4 Å². The number of nitrogens with zero attached hydrogens (tertiary/aromatic N) is 2. The molecule has 0 aromatic carbocycles. The highest BCUT2D eigenvalue weighted by Crippen LogP contribution is 2.13. The zero-order valence-electron chi connectivity index (χ0n) is 12.5. The molecular formula is C12H23IN4O2S2. The summed E-state index contributed by atoms with van der Waals surface area (Å²) in [6.45, 7) is 3.19. The molecule has 0 unspecified atom stereocenters. The topological polar surface area (TPSA) is 83.4 Å². The standard InChI is InChI=1S/C12H22N4O2S2.HI/c1-4-10-9-16-11(19-10)5-6-14-12(13-2)15-7-8-20(3,17)18;/h9H,4-8H2,1-3H3,(H2,13,14,15);1H. The van der Waals surface area contributed by atoms with Gasteiger partial charge in [-0.2, -0.15) is 0 Å². The number of hydrogen-bond acceptors (Lipinski definition) is 5. The number of thiazole rings is 1. The van der Waals surface area contributed by atoms with Crippen molar-refractivity contribution in [2.24, 2.45) is 4.99 Å². The van der Waals surface area contributed by atoms with Crippen LogP contribution in [0.1, 0.15) is 16.8 Å². The van der Waals surface area contributed by atoms with E-state index in [-0.39, 0.29) is 29.7 Å². The van der Waals surface area contributed by atoms with Crippen LogP contribution in [0, 0.1) is 0 Å². The molecule has 0 amide bonds. The number of nitrogens with one attached hydrogen (secondary N) is 2. The summed E-state index contributed by atoms with van der Waals surface area (Å²) in [7, 11) is -1.28. The molecule has 0 saturated carbocycles. The van der Waals surface area contributed by atoms with Crippen molar-refractivity contribution in [2.75, 3.05) is 32.1 Å². The first-order valence-electron chi connectivity index (χ1n) is 6.50. The van der Waals surface area contributed by atoms with E-state index < -0.39 is 9.84 Å². The molecule has 0 aliphatic rings. The Morgan fingerprint density at radius 2 is 2.05 bits per heavy atom. The van der Waals surface area contributed by atoms with Gasteiger partial charge in [-0.15, -0.1) is 35.3 Å². The van der Waals surface area contributed by atoms with Gasteiger partial charge in [-0.25, -0.2) is 13.4 Å². The molecule has 1 rings (SSSR count). The summed E-state index contributed by atoms with van der Waals surface area (Å²) in [5, 5.41) is 7.21. The molecule has 2 N–H and O–H groups in total. The van der Waals surface area contributed by atoms with Crippen molar-refractivity contribution in [1.29, 1.82) is 0 Å². The Kier molecular flexibility index (Phi) is 10.1. The van der Waals surface area contributed by atoms with Crippen LogP contribution >= 0.6 is 35.3 Å². The molecule has 1 aromatic heterocycles. The first-order chi connectivity index (χ1) is 9.44. The van der Waals surface area contributed by atoms with Gasteiger partial charge in [-0.1, -0.05) is 6.92 Å². The number of aliphatic imine (C=N–C) groups is 1. The molecule has 1 aromatic rings. The fourth-order valence-corrected chi connectivity index (χ4v) is 2.83. The maximum Gasteiger partial charge on any atom is 0.191 e. The Morgan fingerprint density at radius 1 is 1.38 bits per heavy atom. The van der Waals surface area contributed by atoms with Gasteiger partial charge in [0.15, 0.2) is 5.96 Å². The molecule has 0 fully saturated rings. The normalized spacial score (nSPS) is 11.9. The molecule has 0 saturated heterocycles. The second kappa shape index (κ2) is 10.3. The van der Waals surface area contributed by atoms with E-state index in [9.17, 15) is 8.42 Å². The van der Waals surface area contributed by atoms with Crippen LogP contribution in [0.15, 0.2) is 11.2 Å². The van der Waals surface area contributed by atoms with Crippen LogP contribution in [-0.4, -0.2) is 51.5 Å². The molecule has 0 atom stereocenters. The third-order valence-corrected chi connectivity index (χ3v) is 4.72. The van der Waals surface area contributed by atoms with Crippen LogP contribution in [0.5, 0.6) is 0 Å². The third kappa shape index (κ3) is 9.25. The van der Waals surface area contributed by atoms with Gasteiger partial charge in [0.2, 0.25) is 0 Å². The number of hydrogen-bond donors (Lipinski definition) is 2. The molecule has 1 heterocycles. The van der Waals surface area contributed by atoms with Gasteiger partial charge >= 0.3 is 0 Å². The molecule has 0 aliphatic heterocycles. The monoisotopic (exact) mass is 446 g/mol. The number of rotatable bonds is 7. The van der Waals surface area contributed by atoms with Gasteiger partial charge in [0.25, 0.3) is 0 Å². The Hall–Kier alpha value is -0.420. The minimum absolute atomic E-state index is 0. The number of guanidine groups is 1. The summed E-state index contributed by atoms with van der Waals surface area (Å²) in [6, 6.07) is 0. The summed E-state index contributed by atoms with van der Waals surface area (Å²) in [5.74, 6) is 0.709. The largest absolute Gasteiger partial charge is 0.356 e. The van der Waals surface area contributed by atoms with Gasteiger partial charge in [0, 0.05) is 43.9 Å². The smallest absolute Gasteiger partial charge is 0.191 e. The molecule has 0 aliphatic carbocycles. The first-order valence-corrected chi connectivity index (χ1v) is 9.38. The lowest BCUT2D eigenvalue weighted by molar-refractivity contribution is 0.600. The summed E-state index contributed by atoms with van der Waals surface area (Å²) in [4.78, 5) is 9.67. The van der Waals surface area contributed by atoms with Gasteiger partial charge in [0.1, 0.15) is 9.84 Å². The zero-order valence-corrected chi connectivity index (χ0v) is 16.5. The van der Waals surface area contributed by atoms with E-state index >= 15 is 0 Å². The minimum atomic E-state index is -2.95. The van der Waals surface area contributed by atoms with Gasteiger partial charge in [-0.3, -0.25) is 4.99 Å². The second-order valence-electron chi connectivity index (χ2n) is 4.38. The summed E-state index contributed by atoms with van der Waals surface area (Å²) in [5.41, 5.74) is 0.